The van der Waals surface area contributed by atoms with Crippen LogP contribution in [0.15, 0.2) is 69.9 Å². The Bertz CT molecular complexity index is 821. The number of ether oxygens (including phenoxy) is 1. The summed E-state index contributed by atoms with van der Waals surface area (Å²) in [7, 11) is 0. The van der Waals surface area contributed by atoms with Crippen LogP contribution < -0.4 is 10.4 Å². The predicted molar refractivity (Wildman–Crippen MR) is 78.3 cm³/mol. The topological polar surface area (TPSA) is 56.5 Å². The SMILES string of the molecule is O=C1Cc2ccccc2O1.O=c1ccc2ccccc2o1. The van der Waals surface area contributed by atoms with E-state index in [1.807, 2.05) is 36.4 Å². The van der Waals surface area contributed by atoms with Crippen molar-refractivity contribution >= 4 is 16.9 Å². The van der Waals surface area contributed by atoms with Crippen LogP contribution in [0.1, 0.15) is 5.56 Å². The van der Waals surface area contributed by atoms with E-state index in [4.69, 9.17) is 9.15 Å². The number of hydrogen-bond donors (Lipinski definition) is 0. The minimum absolute atomic E-state index is 0.152. The van der Waals surface area contributed by atoms with Gasteiger partial charge >= 0.3 is 11.6 Å². The number of para-hydroxylation sites is 2. The minimum Gasteiger partial charge on any atom is -0.426 e. The fourth-order valence-electron chi connectivity index (χ4n) is 2.08. The fourth-order valence-corrected chi connectivity index (χ4v) is 2.08. The summed E-state index contributed by atoms with van der Waals surface area (Å²) in [6, 6.07) is 18.1. The zero-order valence-electron chi connectivity index (χ0n) is 11.1. The first kappa shape index (κ1) is 13.1. The van der Waals surface area contributed by atoms with Gasteiger partial charge in [-0.15, -0.1) is 0 Å². The third-order valence-electron chi connectivity index (χ3n) is 3.06. The van der Waals surface area contributed by atoms with Crippen molar-refractivity contribution < 1.29 is 13.9 Å². The molecule has 4 rings (SSSR count). The molecule has 1 aliphatic rings. The Morgan fingerprint density at radius 2 is 1.57 bits per heavy atom. The molecule has 104 valence electrons. The zero-order valence-corrected chi connectivity index (χ0v) is 11.1. The molecule has 0 radical (unpaired) electrons. The molecule has 21 heavy (non-hydrogen) atoms. The van der Waals surface area contributed by atoms with Gasteiger partial charge in [0.1, 0.15) is 11.3 Å². The summed E-state index contributed by atoms with van der Waals surface area (Å²) in [5.41, 5.74) is 1.33. The summed E-state index contributed by atoms with van der Waals surface area (Å²) in [4.78, 5) is 21.4. The zero-order chi connectivity index (χ0) is 14.7. The average Bonchev–Trinajstić information content (AvgIpc) is 2.88. The molecule has 0 spiro atoms. The summed E-state index contributed by atoms with van der Waals surface area (Å²) >= 11 is 0. The molecule has 3 aromatic rings. The Balaban J connectivity index is 0.000000126. The lowest BCUT2D eigenvalue weighted by molar-refractivity contribution is -0.131. The second-order valence-corrected chi connectivity index (χ2v) is 4.55. The molecule has 0 saturated heterocycles. The van der Waals surface area contributed by atoms with Gasteiger partial charge in [-0.3, -0.25) is 4.79 Å². The summed E-state index contributed by atoms with van der Waals surface area (Å²) < 4.78 is 9.77. The average molecular weight is 280 g/mol. The van der Waals surface area contributed by atoms with Crippen LogP contribution in [-0.2, 0) is 11.2 Å². The van der Waals surface area contributed by atoms with Crippen LogP contribution in [0, 0.1) is 0 Å². The van der Waals surface area contributed by atoms with Crippen LogP contribution in [0.4, 0.5) is 0 Å². The highest BCUT2D eigenvalue weighted by atomic mass is 16.5. The fraction of sp³-hybridized carbons (Fsp3) is 0.0588. The number of rotatable bonds is 0. The molecule has 0 saturated carbocycles. The van der Waals surface area contributed by atoms with Crippen LogP contribution in [0.5, 0.6) is 5.75 Å². The lowest BCUT2D eigenvalue weighted by atomic mass is 10.2. The molecular weight excluding hydrogens is 268 g/mol. The van der Waals surface area contributed by atoms with Crippen molar-refractivity contribution in [2.24, 2.45) is 0 Å². The number of esters is 1. The van der Waals surface area contributed by atoms with E-state index in [2.05, 4.69) is 0 Å². The lowest BCUT2D eigenvalue weighted by Gasteiger charge is -1.91. The number of fused-ring (bicyclic) bond motifs is 2. The van der Waals surface area contributed by atoms with Crippen molar-refractivity contribution in [3.05, 3.63) is 76.6 Å². The first-order valence-electron chi connectivity index (χ1n) is 6.50. The quantitative estimate of drug-likeness (QED) is 0.361. The molecule has 0 aliphatic carbocycles. The molecular formula is C17H12O4. The van der Waals surface area contributed by atoms with E-state index in [1.54, 1.807) is 18.2 Å². The summed E-state index contributed by atoms with van der Waals surface area (Å²) in [5, 5.41) is 0.951. The highest BCUT2D eigenvalue weighted by molar-refractivity contribution is 5.80. The molecule has 4 heteroatoms. The van der Waals surface area contributed by atoms with E-state index in [0.717, 1.165) is 10.9 Å². The van der Waals surface area contributed by atoms with E-state index < -0.39 is 0 Å². The maximum Gasteiger partial charge on any atom is 0.336 e. The van der Waals surface area contributed by atoms with Gasteiger partial charge in [0.15, 0.2) is 0 Å². The Morgan fingerprint density at radius 3 is 2.43 bits per heavy atom. The largest absolute Gasteiger partial charge is 0.426 e. The molecule has 1 aliphatic heterocycles. The number of carbonyl (C=O) groups is 1. The van der Waals surface area contributed by atoms with Gasteiger partial charge in [0.2, 0.25) is 0 Å². The van der Waals surface area contributed by atoms with Crippen LogP contribution in [0.3, 0.4) is 0 Å². The van der Waals surface area contributed by atoms with E-state index in [1.165, 1.54) is 6.07 Å². The second kappa shape index (κ2) is 5.63. The molecule has 0 unspecified atom stereocenters. The van der Waals surface area contributed by atoms with Crippen LogP contribution in [0.25, 0.3) is 11.0 Å². The van der Waals surface area contributed by atoms with Crippen LogP contribution in [0.2, 0.25) is 0 Å². The van der Waals surface area contributed by atoms with Crippen LogP contribution >= 0.6 is 0 Å². The Morgan fingerprint density at radius 1 is 0.810 bits per heavy atom. The van der Waals surface area contributed by atoms with Gasteiger partial charge in [0.25, 0.3) is 0 Å². The maximum absolute atomic E-state index is 10.7. The van der Waals surface area contributed by atoms with E-state index in [9.17, 15) is 9.59 Å². The number of hydrogen-bond acceptors (Lipinski definition) is 4. The van der Waals surface area contributed by atoms with Crippen molar-refractivity contribution in [3.8, 4) is 5.75 Å². The molecule has 2 aromatic carbocycles. The monoisotopic (exact) mass is 280 g/mol. The van der Waals surface area contributed by atoms with Crippen molar-refractivity contribution in [1.82, 2.24) is 0 Å². The predicted octanol–water partition coefficient (Wildman–Crippen LogP) is 2.94. The summed E-state index contributed by atoms with van der Waals surface area (Å²) in [5.74, 6) is 0.564. The molecule has 1 aromatic heterocycles. The highest BCUT2D eigenvalue weighted by Gasteiger charge is 2.18. The van der Waals surface area contributed by atoms with E-state index in [-0.39, 0.29) is 11.6 Å². The smallest absolute Gasteiger partial charge is 0.336 e. The van der Waals surface area contributed by atoms with E-state index in [0.29, 0.717) is 17.8 Å². The van der Waals surface area contributed by atoms with Crippen molar-refractivity contribution in [2.75, 3.05) is 0 Å². The van der Waals surface area contributed by atoms with Gasteiger partial charge < -0.3 is 9.15 Å². The number of carbonyl (C=O) groups excluding carboxylic acids is 1. The van der Waals surface area contributed by atoms with Gasteiger partial charge in [-0.2, -0.15) is 0 Å². The Labute approximate surface area is 120 Å². The molecule has 0 amide bonds. The Kier molecular flexibility index (Phi) is 3.51. The highest BCUT2D eigenvalue weighted by Crippen LogP contribution is 2.24. The van der Waals surface area contributed by atoms with E-state index >= 15 is 0 Å². The van der Waals surface area contributed by atoms with Gasteiger partial charge in [-0.05, 0) is 18.2 Å². The molecule has 4 nitrogen and oxygen atoms in total. The molecule has 0 N–H and O–H groups in total. The normalized spacial score (nSPS) is 12.3. The van der Waals surface area contributed by atoms with Gasteiger partial charge in [0.05, 0.1) is 6.42 Å². The maximum atomic E-state index is 10.7. The third kappa shape index (κ3) is 3.00. The molecule has 0 bridgehead atoms. The molecule has 0 atom stereocenters. The first-order chi connectivity index (χ1) is 10.2. The van der Waals surface area contributed by atoms with Crippen LogP contribution in [-0.4, -0.2) is 5.97 Å². The Hall–Kier alpha value is -2.88. The second-order valence-electron chi connectivity index (χ2n) is 4.55. The third-order valence-corrected chi connectivity index (χ3v) is 3.06. The van der Waals surface area contributed by atoms with Gasteiger partial charge in [0, 0.05) is 17.0 Å². The summed E-state index contributed by atoms with van der Waals surface area (Å²) in [6.07, 6.45) is 0.427. The standard InChI is InChI=1S/C9H6O2.C8H6O2/c10-9-6-5-7-3-1-2-4-8(7)11-9;9-8-5-6-3-1-2-4-7(6)10-8/h1-6H;1-4H,5H2. The van der Waals surface area contributed by atoms with Gasteiger partial charge in [-0.25, -0.2) is 4.79 Å². The van der Waals surface area contributed by atoms with Gasteiger partial charge in [-0.1, -0.05) is 36.4 Å². The van der Waals surface area contributed by atoms with Crippen molar-refractivity contribution in [2.45, 2.75) is 6.42 Å². The number of benzene rings is 2. The first-order valence-corrected chi connectivity index (χ1v) is 6.50. The molecule has 0 fully saturated rings. The summed E-state index contributed by atoms with van der Waals surface area (Å²) in [6.45, 7) is 0. The lowest BCUT2D eigenvalue weighted by Crippen LogP contribution is -1.99. The van der Waals surface area contributed by atoms with Crippen molar-refractivity contribution in [3.63, 3.8) is 0 Å². The minimum atomic E-state index is -0.302. The van der Waals surface area contributed by atoms with Crippen molar-refractivity contribution in [1.29, 1.82) is 0 Å². The molecule has 2 heterocycles.